The largest absolute Gasteiger partial charge is 0.507 e. The number of phenolic OH excluding ortho intramolecular Hbond substituents is 1. The summed E-state index contributed by atoms with van der Waals surface area (Å²) < 4.78 is 5.95. The Bertz CT molecular complexity index is 1060. The Balaban J connectivity index is 1.78. The molecule has 0 radical (unpaired) electrons. The maximum absolute atomic E-state index is 13.5. The zero-order chi connectivity index (χ0) is 21.3. The number of fused-ring (bicyclic) bond motifs is 1. The van der Waals surface area contributed by atoms with Gasteiger partial charge < -0.3 is 19.7 Å². The molecule has 1 aliphatic rings. The molecule has 2 aromatic carbocycles. The molecule has 1 saturated heterocycles. The van der Waals surface area contributed by atoms with E-state index in [0.29, 0.717) is 23.5 Å². The maximum Gasteiger partial charge on any atom is 0.259 e. The van der Waals surface area contributed by atoms with Gasteiger partial charge >= 0.3 is 0 Å². The summed E-state index contributed by atoms with van der Waals surface area (Å²) in [5.41, 5.74) is 5.14. The fourth-order valence-corrected chi connectivity index (χ4v) is 4.70. The molecule has 0 atom stereocenters. The SMILES string of the molecule is CCc1cccc(CC)c1NC(=O)c1c(C)oc2ccc(O)c(C[NH+]3CCCC3)c12. The highest BCUT2D eigenvalue weighted by Gasteiger charge is 2.26. The van der Waals surface area contributed by atoms with Crippen LogP contribution in [-0.2, 0) is 19.4 Å². The lowest BCUT2D eigenvalue weighted by molar-refractivity contribution is -0.901. The molecule has 0 unspecified atom stereocenters. The van der Waals surface area contributed by atoms with Gasteiger partial charge in [-0.15, -0.1) is 0 Å². The molecule has 1 fully saturated rings. The van der Waals surface area contributed by atoms with Crippen molar-refractivity contribution in [3.8, 4) is 5.75 Å². The second-order valence-corrected chi connectivity index (χ2v) is 8.22. The van der Waals surface area contributed by atoms with E-state index < -0.39 is 0 Å². The summed E-state index contributed by atoms with van der Waals surface area (Å²) in [5.74, 6) is 0.642. The molecule has 3 aromatic rings. The molecule has 1 aromatic heterocycles. The van der Waals surface area contributed by atoms with Crippen molar-refractivity contribution in [1.82, 2.24) is 0 Å². The monoisotopic (exact) mass is 407 g/mol. The number of quaternary nitrogens is 1. The summed E-state index contributed by atoms with van der Waals surface area (Å²) >= 11 is 0. The predicted molar refractivity (Wildman–Crippen MR) is 119 cm³/mol. The summed E-state index contributed by atoms with van der Waals surface area (Å²) in [7, 11) is 0. The zero-order valence-corrected chi connectivity index (χ0v) is 18.1. The van der Waals surface area contributed by atoms with Gasteiger partial charge in [0, 0.05) is 23.9 Å². The van der Waals surface area contributed by atoms with Crippen molar-refractivity contribution >= 4 is 22.6 Å². The minimum Gasteiger partial charge on any atom is -0.507 e. The number of aryl methyl sites for hydroxylation is 3. The van der Waals surface area contributed by atoms with Crippen LogP contribution in [0, 0.1) is 6.92 Å². The molecule has 5 nitrogen and oxygen atoms in total. The Morgan fingerprint density at radius 2 is 1.77 bits per heavy atom. The van der Waals surface area contributed by atoms with Crippen molar-refractivity contribution in [3.05, 3.63) is 58.3 Å². The minimum atomic E-state index is -0.176. The lowest BCUT2D eigenvalue weighted by atomic mass is 10.0. The fourth-order valence-electron chi connectivity index (χ4n) is 4.70. The third kappa shape index (κ3) is 3.70. The molecule has 5 heteroatoms. The first kappa shape index (κ1) is 20.5. The molecule has 4 rings (SSSR count). The third-order valence-electron chi connectivity index (χ3n) is 6.32. The van der Waals surface area contributed by atoms with Gasteiger partial charge in [-0.3, -0.25) is 4.79 Å². The number of nitrogens with one attached hydrogen (secondary N) is 2. The number of likely N-dealkylation sites (tertiary alicyclic amines) is 1. The second kappa shape index (κ2) is 8.52. The smallest absolute Gasteiger partial charge is 0.259 e. The standard InChI is InChI=1S/C25H30N2O3/c1-4-17-9-8-10-18(5-2)24(17)26-25(29)22-16(3)30-21-12-11-20(28)19(23(21)22)15-27-13-6-7-14-27/h8-12,28H,4-7,13-15H2,1-3H3,(H,26,29)/p+1. The van der Waals surface area contributed by atoms with Crippen LogP contribution in [-0.4, -0.2) is 24.1 Å². The van der Waals surface area contributed by atoms with Crippen LogP contribution in [0.15, 0.2) is 34.7 Å². The predicted octanol–water partition coefficient (Wildman–Crippen LogP) is 4.00. The third-order valence-corrected chi connectivity index (χ3v) is 6.32. The highest BCUT2D eigenvalue weighted by molar-refractivity contribution is 6.14. The number of carbonyl (C=O) groups is 1. The minimum absolute atomic E-state index is 0.176. The number of benzene rings is 2. The molecule has 1 amide bonds. The molecule has 0 saturated carbocycles. The highest BCUT2D eigenvalue weighted by Crippen LogP contribution is 2.34. The van der Waals surface area contributed by atoms with Gasteiger partial charge in [-0.1, -0.05) is 32.0 Å². The molecule has 2 heterocycles. The Kier molecular flexibility index (Phi) is 5.82. The van der Waals surface area contributed by atoms with Crippen LogP contribution >= 0.6 is 0 Å². The Morgan fingerprint density at radius 3 is 2.40 bits per heavy atom. The molecule has 30 heavy (non-hydrogen) atoms. The van der Waals surface area contributed by atoms with Crippen molar-refractivity contribution in [2.45, 2.75) is 53.0 Å². The number of furan rings is 1. The van der Waals surface area contributed by atoms with Crippen LogP contribution in [0.2, 0.25) is 0 Å². The van der Waals surface area contributed by atoms with Gasteiger partial charge in [-0.05, 0) is 43.0 Å². The number of aromatic hydroxyl groups is 1. The Morgan fingerprint density at radius 1 is 1.10 bits per heavy atom. The first-order chi connectivity index (χ1) is 14.5. The van der Waals surface area contributed by atoms with Crippen molar-refractivity contribution in [2.24, 2.45) is 0 Å². The number of phenols is 1. The van der Waals surface area contributed by atoms with E-state index in [1.165, 1.54) is 17.7 Å². The molecular weight excluding hydrogens is 376 g/mol. The van der Waals surface area contributed by atoms with Crippen LogP contribution < -0.4 is 10.2 Å². The number of hydrogen-bond donors (Lipinski definition) is 3. The number of rotatable bonds is 6. The molecule has 158 valence electrons. The average molecular weight is 408 g/mol. The number of hydrogen-bond acceptors (Lipinski definition) is 3. The Labute approximate surface area is 177 Å². The molecular formula is C25H31N2O3+. The van der Waals surface area contributed by atoms with E-state index in [9.17, 15) is 9.90 Å². The number of carbonyl (C=O) groups excluding carboxylic acids is 1. The number of anilines is 1. The zero-order valence-electron chi connectivity index (χ0n) is 18.1. The van der Waals surface area contributed by atoms with Crippen molar-refractivity contribution in [1.29, 1.82) is 0 Å². The van der Waals surface area contributed by atoms with Crippen LogP contribution in [0.3, 0.4) is 0 Å². The number of para-hydroxylation sites is 1. The molecule has 0 bridgehead atoms. The van der Waals surface area contributed by atoms with Gasteiger partial charge in [0.1, 0.15) is 23.6 Å². The summed E-state index contributed by atoms with van der Waals surface area (Å²) in [5, 5.41) is 14.6. The van der Waals surface area contributed by atoms with Crippen LogP contribution in [0.4, 0.5) is 5.69 Å². The lowest BCUT2D eigenvalue weighted by Crippen LogP contribution is -3.08. The average Bonchev–Trinajstić information content (AvgIpc) is 3.37. The highest BCUT2D eigenvalue weighted by atomic mass is 16.3. The first-order valence-corrected chi connectivity index (χ1v) is 11.0. The molecule has 1 aliphatic heterocycles. The summed E-state index contributed by atoms with van der Waals surface area (Å²) in [6, 6.07) is 9.60. The summed E-state index contributed by atoms with van der Waals surface area (Å²) in [6.07, 6.45) is 4.10. The topological polar surface area (TPSA) is 66.9 Å². The van der Waals surface area contributed by atoms with E-state index in [-0.39, 0.29) is 11.7 Å². The second-order valence-electron chi connectivity index (χ2n) is 8.22. The van der Waals surface area contributed by atoms with Crippen LogP contribution in [0.5, 0.6) is 5.75 Å². The fraction of sp³-hybridized carbons (Fsp3) is 0.400. The Hall–Kier alpha value is -2.79. The van der Waals surface area contributed by atoms with E-state index in [1.807, 2.05) is 13.0 Å². The van der Waals surface area contributed by atoms with Gasteiger partial charge in [-0.2, -0.15) is 0 Å². The number of amides is 1. The maximum atomic E-state index is 13.5. The van der Waals surface area contributed by atoms with Crippen molar-refractivity contribution in [2.75, 3.05) is 18.4 Å². The normalized spacial score (nSPS) is 14.5. The van der Waals surface area contributed by atoms with Gasteiger partial charge in [0.15, 0.2) is 0 Å². The molecule has 0 aliphatic carbocycles. The van der Waals surface area contributed by atoms with E-state index in [4.69, 9.17) is 4.42 Å². The van der Waals surface area contributed by atoms with Crippen molar-refractivity contribution < 1.29 is 19.2 Å². The van der Waals surface area contributed by atoms with E-state index >= 15 is 0 Å². The van der Waals surface area contributed by atoms with E-state index in [0.717, 1.165) is 53.7 Å². The van der Waals surface area contributed by atoms with E-state index in [2.05, 4.69) is 31.3 Å². The summed E-state index contributed by atoms with van der Waals surface area (Å²) in [6.45, 7) is 8.91. The van der Waals surface area contributed by atoms with Gasteiger partial charge in [0.2, 0.25) is 0 Å². The quantitative estimate of drug-likeness (QED) is 0.579. The first-order valence-electron chi connectivity index (χ1n) is 11.0. The van der Waals surface area contributed by atoms with Crippen LogP contribution in [0.1, 0.15) is 59.5 Å². The van der Waals surface area contributed by atoms with Gasteiger partial charge in [0.05, 0.1) is 24.2 Å². The molecule has 3 N–H and O–H groups in total. The van der Waals surface area contributed by atoms with Crippen LogP contribution in [0.25, 0.3) is 11.0 Å². The van der Waals surface area contributed by atoms with Crippen molar-refractivity contribution in [3.63, 3.8) is 0 Å². The molecule has 0 spiro atoms. The van der Waals surface area contributed by atoms with Gasteiger partial charge in [-0.25, -0.2) is 0 Å². The summed E-state index contributed by atoms with van der Waals surface area (Å²) in [4.78, 5) is 14.9. The lowest BCUT2D eigenvalue weighted by Gasteiger charge is -2.16. The van der Waals surface area contributed by atoms with E-state index in [1.54, 1.807) is 12.1 Å². The van der Waals surface area contributed by atoms with Gasteiger partial charge in [0.25, 0.3) is 5.91 Å².